The SMILES string of the molecule is C/C=C/C(OC(=O)NC)C1Oc2cccc(OC)c2-c2ccc3c(c21)C(C)=CC(C)(C)N3. The highest BCUT2D eigenvalue weighted by Crippen LogP contribution is 2.52. The quantitative estimate of drug-likeness (QED) is 0.604. The van der Waals surface area contributed by atoms with Gasteiger partial charge in [0.15, 0.2) is 12.2 Å². The standard InChI is InChI=1S/C26H30N2O4/c1-7-9-20(32-25(29)27-5)24-23-16(22-18(30-6)10-8-11-19(22)31-24)12-13-17-21(23)15(2)14-26(3,4)28-17/h7-14,20,24,28H,1-6H3,(H,27,29)/b9-7+. The first-order valence-corrected chi connectivity index (χ1v) is 10.8. The lowest BCUT2D eigenvalue weighted by molar-refractivity contribution is 0.0404. The summed E-state index contributed by atoms with van der Waals surface area (Å²) >= 11 is 0. The van der Waals surface area contributed by atoms with Crippen molar-refractivity contribution in [3.05, 3.63) is 59.7 Å². The number of carbonyl (C=O) groups excluding carboxylic acids is 1. The van der Waals surface area contributed by atoms with Crippen molar-refractivity contribution in [2.45, 2.75) is 45.4 Å². The van der Waals surface area contributed by atoms with Gasteiger partial charge in [-0.1, -0.05) is 24.3 Å². The highest BCUT2D eigenvalue weighted by Gasteiger charge is 2.39. The van der Waals surface area contributed by atoms with Gasteiger partial charge in [-0.2, -0.15) is 0 Å². The van der Waals surface area contributed by atoms with E-state index in [0.717, 1.165) is 39.3 Å². The molecule has 0 radical (unpaired) electrons. The molecule has 2 atom stereocenters. The van der Waals surface area contributed by atoms with Crippen LogP contribution in [0.25, 0.3) is 16.7 Å². The van der Waals surface area contributed by atoms with E-state index in [-0.39, 0.29) is 5.54 Å². The molecule has 168 valence electrons. The molecule has 2 N–H and O–H groups in total. The number of nitrogens with one attached hydrogen (secondary N) is 2. The van der Waals surface area contributed by atoms with Crippen LogP contribution in [0.5, 0.6) is 11.5 Å². The van der Waals surface area contributed by atoms with E-state index in [1.807, 2.05) is 37.3 Å². The van der Waals surface area contributed by atoms with Gasteiger partial charge in [0, 0.05) is 23.9 Å². The average molecular weight is 435 g/mol. The van der Waals surface area contributed by atoms with E-state index < -0.39 is 18.3 Å². The Balaban J connectivity index is 1.99. The van der Waals surface area contributed by atoms with E-state index in [0.29, 0.717) is 5.75 Å². The number of ether oxygens (including phenoxy) is 3. The van der Waals surface area contributed by atoms with Crippen molar-refractivity contribution < 1.29 is 19.0 Å². The molecule has 4 rings (SSSR count). The Morgan fingerprint density at radius 2 is 2.03 bits per heavy atom. The number of benzene rings is 2. The maximum absolute atomic E-state index is 12.2. The molecule has 0 aromatic heterocycles. The molecule has 1 amide bonds. The molecule has 2 aliphatic heterocycles. The second-order valence-corrected chi connectivity index (χ2v) is 8.64. The van der Waals surface area contributed by atoms with Gasteiger partial charge in [-0.3, -0.25) is 0 Å². The van der Waals surface area contributed by atoms with Crippen LogP contribution in [0.3, 0.4) is 0 Å². The summed E-state index contributed by atoms with van der Waals surface area (Å²) < 4.78 is 18.0. The minimum absolute atomic E-state index is 0.173. The Kier molecular flexibility index (Phi) is 5.63. The number of rotatable bonds is 4. The van der Waals surface area contributed by atoms with E-state index in [9.17, 15) is 4.79 Å². The van der Waals surface area contributed by atoms with Gasteiger partial charge >= 0.3 is 6.09 Å². The normalized spacial score (nSPS) is 18.8. The number of methoxy groups -OCH3 is 1. The van der Waals surface area contributed by atoms with Gasteiger partial charge in [0.1, 0.15) is 11.5 Å². The lowest BCUT2D eigenvalue weighted by atomic mass is 9.80. The summed E-state index contributed by atoms with van der Waals surface area (Å²) in [5, 5.41) is 6.15. The van der Waals surface area contributed by atoms with Crippen LogP contribution >= 0.6 is 0 Å². The molecule has 0 fully saturated rings. The van der Waals surface area contributed by atoms with Crippen LogP contribution in [0, 0.1) is 0 Å². The van der Waals surface area contributed by atoms with E-state index in [2.05, 4.69) is 49.6 Å². The Morgan fingerprint density at radius 1 is 1.25 bits per heavy atom. The molecule has 0 saturated heterocycles. The first-order chi connectivity index (χ1) is 15.3. The third-order valence-electron chi connectivity index (χ3n) is 5.82. The molecular weight excluding hydrogens is 404 g/mol. The molecule has 0 bridgehead atoms. The number of anilines is 1. The predicted molar refractivity (Wildman–Crippen MR) is 127 cm³/mol. The fourth-order valence-electron chi connectivity index (χ4n) is 4.70. The van der Waals surface area contributed by atoms with Gasteiger partial charge in [0.25, 0.3) is 0 Å². The number of amides is 1. The maximum atomic E-state index is 12.2. The largest absolute Gasteiger partial charge is 0.496 e. The molecule has 2 aromatic carbocycles. The number of carbonyl (C=O) groups is 1. The monoisotopic (exact) mass is 434 g/mol. The number of hydrogen-bond donors (Lipinski definition) is 2. The Morgan fingerprint density at radius 3 is 2.72 bits per heavy atom. The summed E-state index contributed by atoms with van der Waals surface area (Å²) in [5.41, 5.74) is 5.96. The molecule has 32 heavy (non-hydrogen) atoms. The van der Waals surface area contributed by atoms with Crippen LogP contribution in [-0.2, 0) is 4.74 Å². The molecule has 2 aromatic rings. The zero-order valence-corrected chi connectivity index (χ0v) is 19.4. The smallest absolute Gasteiger partial charge is 0.407 e. The van der Waals surface area contributed by atoms with Crippen molar-refractivity contribution in [3.63, 3.8) is 0 Å². The number of allylic oxidation sites excluding steroid dienone is 2. The minimum atomic E-state index is -0.618. The third-order valence-corrected chi connectivity index (χ3v) is 5.82. The topological polar surface area (TPSA) is 68.8 Å². The summed E-state index contributed by atoms with van der Waals surface area (Å²) in [6.07, 6.45) is 4.29. The fourth-order valence-corrected chi connectivity index (χ4v) is 4.70. The maximum Gasteiger partial charge on any atom is 0.407 e. The molecule has 0 spiro atoms. The molecule has 0 aliphatic carbocycles. The van der Waals surface area contributed by atoms with Crippen LogP contribution in [0.15, 0.2) is 48.6 Å². The lowest BCUT2D eigenvalue weighted by Crippen LogP contribution is -2.36. The van der Waals surface area contributed by atoms with Crippen molar-refractivity contribution in [3.8, 4) is 22.6 Å². The van der Waals surface area contributed by atoms with E-state index >= 15 is 0 Å². The van der Waals surface area contributed by atoms with Crippen LogP contribution < -0.4 is 20.1 Å². The second-order valence-electron chi connectivity index (χ2n) is 8.64. The summed E-state index contributed by atoms with van der Waals surface area (Å²) in [5.74, 6) is 1.44. The lowest BCUT2D eigenvalue weighted by Gasteiger charge is -2.38. The van der Waals surface area contributed by atoms with Crippen molar-refractivity contribution in [2.75, 3.05) is 19.5 Å². The van der Waals surface area contributed by atoms with E-state index in [1.165, 1.54) is 0 Å². The number of hydrogen-bond acceptors (Lipinski definition) is 5. The van der Waals surface area contributed by atoms with Gasteiger partial charge < -0.3 is 24.8 Å². The summed E-state index contributed by atoms with van der Waals surface area (Å²) in [4.78, 5) is 12.2. The van der Waals surface area contributed by atoms with Crippen LogP contribution in [0.4, 0.5) is 10.5 Å². The Hall–Kier alpha value is -3.41. The van der Waals surface area contributed by atoms with Crippen molar-refractivity contribution >= 4 is 17.4 Å². The zero-order chi connectivity index (χ0) is 23.0. The van der Waals surface area contributed by atoms with Gasteiger partial charge in [-0.25, -0.2) is 4.79 Å². The minimum Gasteiger partial charge on any atom is -0.496 e. The van der Waals surface area contributed by atoms with Crippen molar-refractivity contribution in [1.29, 1.82) is 0 Å². The van der Waals surface area contributed by atoms with Crippen LogP contribution in [0.2, 0.25) is 0 Å². The first kappa shape index (κ1) is 21.8. The molecule has 0 saturated carbocycles. The molecule has 6 heteroatoms. The predicted octanol–water partition coefficient (Wildman–Crippen LogP) is 5.70. The third kappa shape index (κ3) is 3.70. The highest BCUT2D eigenvalue weighted by atomic mass is 16.6. The molecular formula is C26H30N2O4. The number of fused-ring (bicyclic) bond motifs is 5. The van der Waals surface area contributed by atoms with Crippen molar-refractivity contribution in [2.24, 2.45) is 0 Å². The highest BCUT2D eigenvalue weighted by molar-refractivity contribution is 5.91. The first-order valence-electron chi connectivity index (χ1n) is 10.8. The van der Waals surface area contributed by atoms with Crippen LogP contribution in [0.1, 0.15) is 44.9 Å². The van der Waals surface area contributed by atoms with Gasteiger partial charge in [0.2, 0.25) is 0 Å². The van der Waals surface area contributed by atoms with Crippen LogP contribution in [-0.4, -0.2) is 31.9 Å². The van der Waals surface area contributed by atoms with Gasteiger partial charge in [-0.05, 0) is 63.1 Å². The van der Waals surface area contributed by atoms with E-state index in [4.69, 9.17) is 14.2 Å². The number of alkyl carbamates (subject to hydrolysis) is 1. The molecule has 2 unspecified atom stereocenters. The molecule has 2 aliphatic rings. The van der Waals surface area contributed by atoms with Gasteiger partial charge in [0.05, 0.1) is 18.2 Å². The molecule has 2 heterocycles. The fraction of sp³-hybridized carbons (Fsp3) is 0.346. The summed E-state index contributed by atoms with van der Waals surface area (Å²) in [6, 6.07) is 9.95. The Labute approximate surface area is 189 Å². The van der Waals surface area contributed by atoms with Crippen molar-refractivity contribution in [1.82, 2.24) is 5.32 Å². The van der Waals surface area contributed by atoms with Gasteiger partial charge in [-0.15, -0.1) is 0 Å². The summed E-state index contributed by atoms with van der Waals surface area (Å²) in [6.45, 7) is 8.29. The molecule has 6 nitrogen and oxygen atoms in total. The summed E-state index contributed by atoms with van der Waals surface area (Å²) in [7, 11) is 3.21. The second kappa shape index (κ2) is 8.26. The zero-order valence-electron chi connectivity index (χ0n) is 19.4. The van der Waals surface area contributed by atoms with E-state index in [1.54, 1.807) is 14.2 Å². The average Bonchev–Trinajstić information content (AvgIpc) is 2.76. The Bertz CT molecular complexity index is 1120.